The molecule has 10 rings (SSSR count). The van der Waals surface area contributed by atoms with Gasteiger partial charge < -0.3 is 4.90 Å². The molecule has 0 aromatic heterocycles. The lowest BCUT2D eigenvalue weighted by atomic mass is 9.78. The predicted molar refractivity (Wildman–Crippen MR) is 207 cm³/mol. The molecular formula is C47H36N2. The maximum atomic E-state index is 4.91. The highest BCUT2D eigenvalue weighted by molar-refractivity contribution is 6.24. The van der Waals surface area contributed by atoms with Gasteiger partial charge in [-0.05, 0) is 113 Å². The zero-order valence-corrected chi connectivity index (χ0v) is 28.0. The fourth-order valence-electron chi connectivity index (χ4n) is 8.91. The first-order chi connectivity index (χ1) is 24.0. The van der Waals surface area contributed by atoms with Gasteiger partial charge in [0.1, 0.15) is 6.17 Å². The van der Waals surface area contributed by atoms with E-state index in [2.05, 4.69) is 178 Å². The van der Waals surface area contributed by atoms with Crippen LogP contribution >= 0.6 is 0 Å². The predicted octanol–water partition coefficient (Wildman–Crippen LogP) is 12.0. The van der Waals surface area contributed by atoms with Crippen molar-refractivity contribution in [3.63, 3.8) is 0 Å². The molecule has 0 amide bonds. The molecule has 0 spiro atoms. The molecule has 2 aliphatic heterocycles. The molecule has 7 aromatic carbocycles. The Morgan fingerprint density at radius 2 is 1.22 bits per heavy atom. The topological polar surface area (TPSA) is 15.6 Å². The largest absolute Gasteiger partial charge is 0.340 e. The SMILES string of the molecule is CC1=CN2C(C=C1)N=CC2c1ccc2c(-c3ccccc3)c3ccccc3c(-c3cc4c(c5ccccc35)-c3ccccc3C4(C)C)c2c1. The highest BCUT2D eigenvalue weighted by atomic mass is 15.3. The Kier molecular flexibility index (Phi) is 6.00. The summed E-state index contributed by atoms with van der Waals surface area (Å²) in [6.07, 6.45) is 8.82. The minimum atomic E-state index is -0.118. The third-order valence-electron chi connectivity index (χ3n) is 11.2. The van der Waals surface area contributed by atoms with Crippen molar-refractivity contribution in [2.75, 3.05) is 0 Å². The van der Waals surface area contributed by atoms with Crippen molar-refractivity contribution in [3.8, 4) is 33.4 Å². The molecule has 0 bridgehead atoms. The summed E-state index contributed by atoms with van der Waals surface area (Å²) in [5.74, 6) is 0. The van der Waals surface area contributed by atoms with E-state index in [9.17, 15) is 0 Å². The minimum absolute atomic E-state index is 0.0462. The Hall–Kier alpha value is -5.73. The standard InChI is InChI=1S/C47H36N2/c1-29-21-24-43-48-27-42(49(43)28-29)31-22-23-36-38(25-31)45(35-18-10-9-17-34(35)44(36)30-13-5-4-6-14-30)39-26-41-46(33-16-8-7-15-32(33)39)37-19-11-12-20-40(37)47(41,2)3/h4-28,42-43H,1-3H3. The van der Waals surface area contributed by atoms with E-state index in [1.807, 2.05) is 0 Å². The van der Waals surface area contributed by atoms with E-state index in [1.165, 1.54) is 88.0 Å². The van der Waals surface area contributed by atoms with Gasteiger partial charge >= 0.3 is 0 Å². The summed E-state index contributed by atoms with van der Waals surface area (Å²) in [7, 11) is 0. The van der Waals surface area contributed by atoms with Gasteiger partial charge in [-0.3, -0.25) is 4.99 Å². The second-order valence-corrected chi connectivity index (χ2v) is 14.4. The first kappa shape index (κ1) is 28.3. The van der Waals surface area contributed by atoms with Gasteiger partial charge in [-0.2, -0.15) is 0 Å². The molecule has 7 aromatic rings. The maximum Gasteiger partial charge on any atom is 0.140 e. The maximum absolute atomic E-state index is 4.91. The van der Waals surface area contributed by atoms with Gasteiger partial charge in [0.05, 0.1) is 6.04 Å². The molecular weight excluding hydrogens is 593 g/mol. The van der Waals surface area contributed by atoms with Crippen LogP contribution in [0.1, 0.15) is 43.5 Å². The molecule has 2 heteroatoms. The highest BCUT2D eigenvalue weighted by Gasteiger charge is 2.37. The zero-order valence-electron chi connectivity index (χ0n) is 28.0. The molecule has 0 saturated carbocycles. The van der Waals surface area contributed by atoms with Crippen molar-refractivity contribution in [2.45, 2.75) is 38.4 Å². The van der Waals surface area contributed by atoms with Crippen molar-refractivity contribution >= 4 is 38.5 Å². The van der Waals surface area contributed by atoms with Crippen LogP contribution in [-0.4, -0.2) is 17.3 Å². The quantitative estimate of drug-likeness (QED) is 0.178. The van der Waals surface area contributed by atoms with E-state index in [0.717, 1.165) is 0 Å². The van der Waals surface area contributed by atoms with Gasteiger partial charge in [0.2, 0.25) is 0 Å². The van der Waals surface area contributed by atoms with Crippen LogP contribution in [0.2, 0.25) is 0 Å². The fourth-order valence-corrected chi connectivity index (χ4v) is 8.91. The van der Waals surface area contributed by atoms with Crippen molar-refractivity contribution < 1.29 is 0 Å². The minimum Gasteiger partial charge on any atom is -0.340 e. The molecule has 0 N–H and O–H groups in total. The third-order valence-corrected chi connectivity index (χ3v) is 11.2. The summed E-state index contributed by atoms with van der Waals surface area (Å²) in [6.45, 7) is 6.94. The first-order valence-corrected chi connectivity index (χ1v) is 17.4. The van der Waals surface area contributed by atoms with Crippen LogP contribution in [0.5, 0.6) is 0 Å². The van der Waals surface area contributed by atoms with Crippen LogP contribution in [0.25, 0.3) is 65.7 Å². The van der Waals surface area contributed by atoms with Crippen molar-refractivity contribution in [1.29, 1.82) is 0 Å². The lowest BCUT2D eigenvalue weighted by Crippen LogP contribution is -2.28. The van der Waals surface area contributed by atoms with Gasteiger partial charge in [0, 0.05) is 17.8 Å². The lowest BCUT2D eigenvalue weighted by molar-refractivity contribution is 0.320. The van der Waals surface area contributed by atoms with Gasteiger partial charge in [0.15, 0.2) is 0 Å². The van der Waals surface area contributed by atoms with E-state index in [-0.39, 0.29) is 17.6 Å². The molecule has 1 aliphatic carbocycles. The number of allylic oxidation sites excluding steroid dienone is 2. The Morgan fingerprint density at radius 1 is 0.571 bits per heavy atom. The van der Waals surface area contributed by atoms with Crippen LogP contribution in [-0.2, 0) is 5.41 Å². The number of rotatable bonds is 3. The second-order valence-electron chi connectivity index (χ2n) is 14.4. The monoisotopic (exact) mass is 628 g/mol. The van der Waals surface area contributed by atoms with Crippen LogP contribution in [0.15, 0.2) is 156 Å². The summed E-state index contributed by atoms with van der Waals surface area (Å²) in [4.78, 5) is 7.30. The Balaban J connectivity index is 1.34. The van der Waals surface area contributed by atoms with Gasteiger partial charge in [-0.25, -0.2) is 0 Å². The van der Waals surface area contributed by atoms with E-state index in [4.69, 9.17) is 4.99 Å². The molecule has 3 aliphatic rings. The Labute approximate surface area is 287 Å². The molecule has 2 heterocycles. The molecule has 2 atom stereocenters. The summed E-state index contributed by atoms with van der Waals surface area (Å²) in [5, 5.41) is 7.71. The van der Waals surface area contributed by atoms with Crippen LogP contribution in [0, 0.1) is 0 Å². The third kappa shape index (κ3) is 4.04. The van der Waals surface area contributed by atoms with E-state index in [0.29, 0.717) is 0 Å². The number of fused-ring (bicyclic) bond motifs is 8. The van der Waals surface area contributed by atoms with E-state index in [1.54, 1.807) is 0 Å². The summed E-state index contributed by atoms with van der Waals surface area (Å²) in [6, 6.07) is 47.8. The summed E-state index contributed by atoms with van der Waals surface area (Å²) in [5.41, 5.74) is 13.0. The fraction of sp³-hybridized carbons (Fsp3) is 0.128. The van der Waals surface area contributed by atoms with Crippen LogP contribution in [0.3, 0.4) is 0 Å². The Bertz CT molecular complexity index is 2600. The number of hydrogen-bond acceptors (Lipinski definition) is 2. The normalized spacial score (nSPS) is 18.6. The van der Waals surface area contributed by atoms with E-state index >= 15 is 0 Å². The molecule has 2 nitrogen and oxygen atoms in total. The summed E-state index contributed by atoms with van der Waals surface area (Å²) >= 11 is 0. The number of aliphatic imine (C=N–C) groups is 1. The molecule has 0 radical (unpaired) electrons. The van der Waals surface area contributed by atoms with Crippen LogP contribution < -0.4 is 0 Å². The lowest BCUT2D eigenvalue weighted by Gasteiger charge is -2.29. The van der Waals surface area contributed by atoms with E-state index < -0.39 is 0 Å². The second kappa shape index (κ2) is 10.4. The molecule has 2 unspecified atom stereocenters. The van der Waals surface area contributed by atoms with Gasteiger partial charge in [0.25, 0.3) is 0 Å². The Morgan fingerprint density at radius 3 is 2.02 bits per heavy atom. The molecule has 49 heavy (non-hydrogen) atoms. The highest BCUT2D eigenvalue weighted by Crippen LogP contribution is 2.55. The average molecular weight is 629 g/mol. The smallest absolute Gasteiger partial charge is 0.140 e. The average Bonchev–Trinajstić information content (AvgIpc) is 3.66. The zero-order chi connectivity index (χ0) is 32.9. The molecule has 234 valence electrons. The van der Waals surface area contributed by atoms with Crippen molar-refractivity contribution in [3.05, 3.63) is 168 Å². The number of benzene rings is 7. The van der Waals surface area contributed by atoms with Crippen LogP contribution in [0.4, 0.5) is 0 Å². The number of hydrogen-bond donors (Lipinski definition) is 0. The molecule has 0 fully saturated rings. The van der Waals surface area contributed by atoms with Gasteiger partial charge in [-0.1, -0.05) is 135 Å². The number of nitrogens with zero attached hydrogens (tertiary/aromatic N) is 2. The van der Waals surface area contributed by atoms with Gasteiger partial charge in [-0.15, -0.1) is 0 Å². The van der Waals surface area contributed by atoms with Crippen molar-refractivity contribution in [1.82, 2.24) is 4.90 Å². The molecule has 0 saturated heterocycles. The first-order valence-electron chi connectivity index (χ1n) is 17.4. The van der Waals surface area contributed by atoms with Crippen molar-refractivity contribution in [2.24, 2.45) is 4.99 Å². The summed E-state index contributed by atoms with van der Waals surface area (Å²) < 4.78 is 0.